The average Bonchev–Trinajstić information content (AvgIpc) is 3.03. The number of carbonyl (C=O) groups excluding carboxylic acids is 3. The van der Waals surface area contributed by atoms with E-state index in [-0.39, 0.29) is 16.9 Å². The van der Waals surface area contributed by atoms with E-state index < -0.39 is 11.8 Å². The van der Waals surface area contributed by atoms with E-state index in [1.54, 1.807) is 67.8 Å². The Morgan fingerprint density at radius 3 is 2.28 bits per heavy atom. The highest BCUT2D eigenvalue weighted by atomic mass is 32.2. The molecule has 0 fully saturated rings. The van der Waals surface area contributed by atoms with Crippen molar-refractivity contribution in [3.63, 3.8) is 0 Å². The van der Waals surface area contributed by atoms with E-state index in [1.807, 2.05) is 62.4 Å². The fourth-order valence-electron chi connectivity index (χ4n) is 4.00. The van der Waals surface area contributed by atoms with E-state index in [9.17, 15) is 14.4 Å². The number of nitrogens with one attached hydrogen (secondary N) is 3. The monoisotopic (exact) mass is 595 g/mol. The fraction of sp³-hybridized carbons (Fsp3) is 0.147. The second kappa shape index (κ2) is 15.3. The van der Waals surface area contributed by atoms with E-state index in [1.165, 1.54) is 11.8 Å². The van der Waals surface area contributed by atoms with Crippen molar-refractivity contribution in [2.24, 2.45) is 0 Å². The Morgan fingerprint density at radius 1 is 0.837 bits per heavy atom. The normalized spacial score (nSPS) is 11.7. The molecule has 0 spiro atoms. The molecule has 0 saturated heterocycles. The molecule has 4 aromatic carbocycles. The van der Waals surface area contributed by atoms with Gasteiger partial charge in [0, 0.05) is 33.5 Å². The van der Waals surface area contributed by atoms with Crippen LogP contribution >= 0.6 is 11.8 Å². The van der Waals surface area contributed by atoms with E-state index in [4.69, 9.17) is 9.47 Å². The van der Waals surface area contributed by atoms with Gasteiger partial charge in [0.1, 0.15) is 17.2 Å². The lowest BCUT2D eigenvalue weighted by molar-refractivity contribution is -0.115. The summed E-state index contributed by atoms with van der Waals surface area (Å²) in [6.45, 7) is 4.15. The predicted octanol–water partition coefficient (Wildman–Crippen LogP) is 6.62. The Balaban J connectivity index is 1.46. The number of hydrogen-bond donors (Lipinski definition) is 3. The molecule has 0 heterocycles. The maximum Gasteiger partial charge on any atom is 0.272 e. The third-order valence-electron chi connectivity index (χ3n) is 6.18. The smallest absolute Gasteiger partial charge is 0.272 e. The van der Waals surface area contributed by atoms with E-state index >= 15 is 0 Å². The number of anilines is 2. The van der Waals surface area contributed by atoms with Crippen molar-refractivity contribution < 1.29 is 23.9 Å². The van der Waals surface area contributed by atoms with Crippen molar-refractivity contribution >= 4 is 46.9 Å². The minimum absolute atomic E-state index is 0.0577. The van der Waals surface area contributed by atoms with Crippen LogP contribution in [0, 0.1) is 0 Å². The summed E-state index contributed by atoms with van der Waals surface area (Å²) in [5, 5.41) is 8.12. The fourth-order valence-corrected chi connectivity index (χ4v) is 4.87. The van der Waals surface area contributed by atoms with Crippen LogP contribution in [0.25, 0.3) is 6.08 Å². The highest BCUT2D eigenvalue weighted by Gasteiger charge is 2.18. The van der Waals surface area contributed by atoms with Gasteiger partial charge in [0.05, 0.1) is 19.0 Å². The third-order valence-corrected chi connectivity index (χ3v) is 7.29. The van der Waals surface area contributed by atoms with Gasteiger partial charge in [0.15, 0.2) is 0 Å². The van der Waals surface area contributed by atoms with Crippen LogP contribution in [0.4, 0.5) is 11.4 Å². The van der Waals surface area contributed by atoms with Crippen molar-refractivity contribution in [2.45, 2.75) is 24.0 Å². The van der Waals surface area contributed by atoms with Gasteiger partial charge in [-0.2, -0.15) is 0 Å². The van der Waals surface area contributed by atoms with Crippen LogP contribution in [0.3, 0.4) is 0 Å². The summed E-state index contributed by atoms with van der Waals surface area (Å²) in [4.78, 5) is 40.0. The summed E-state index contributed by atoms with van der Waals surface area (Å²) in [7, 11) is 1.57. The second-order valence-electron chi connectivity index (χ2n) is 9.31. The Morgan fingerprint density at radius 2 is 1.56 bits per heavy atom. The highest BCUT2D eigenvalue weighted by Crippen LogP contribution is 2.27. The van der Waals surface area contributed by atoms with Crippen LogP contribution in [0.5, 0.6) is 11.5 Å². The van der Waals surface area contributed by atoms with Crippen LogP contribution in [0.2, 0.25) is 0 Å². The molecule has 0 saturated carbocycles. The van der Waals surface area contributed by atoms with Gasteiger partial charge in [0.2, 0.25) is 5.91 Å². The summed E-state index contributed by atoms with van der Waals surface area (Å²) in [5.74, 6) is 0.194. The molecule has 0 aromatic heterocycles. The average molecular weight is 596 g/mol. The predicted molar refractivity (Wildman–Crippen MR) is 172 cm³/mol. The van der Waals surface area contributed by atoms with Gasteiger partial charge in [0.25, 0.3) is 11.8 Å². The zero-order valence-corrected chi connectivity index (χ0v) is 24.9. The number of amides is 3. The highest BCUT2D eigenvalue weighted by molar-refractivity contribution is 8.00. The molecule has 0 bridgehead atoms. The summed E-state index contributed by atoms with van der Waals surface area (Å²) < 4.78 is 10.9. The largest absolute Gasteiger partial charge is 0.497 e. The molecule has 0 radical (unpaired) electrons. The Labute approximate surface area is 255 Å². The van der Waals surface area contributed by atoms with Gasteiger partial charge in [-0.05, 0) is 74.5 Å². The number of benzene rings is 4. The Bertz CT molecular complexity index is 1590. The SMILES string of the molecule is CCOc1ccccc1/C=C(\NC(=O)c1ccccc1)C(=O)Nc1ccc(SC(C)C(=O)Nc2cccc(OC)c2)cc1. The lowest BCUT2D eigenvalue weighted by Gasteiger charge is -2.14. The zero-order chi connectivity index (χ0) is 30.6. The molecule has 4 aromatic rings. The molecule has 9 heteroatoms. The number of para-hydroxylation sites is 1. The minimum Gasteiger partial charge on any atom is -0.497 e. The Hall–Kier alpha value is -5.02. The van der Waals surface area contributed by atoms with Crippen molar-refractivity contribution in [3.8, 4) is 11.5 Å². The molecule has 0 aliphatic carbocycles. The van der Waals surface area contributed by atoms with Gasteiger partial charge in [-0.1, -0.05) is 42.5 Å². The molecule has 220 valence electrons. The van der Waals surface area contributed by atoms with Gasteiger partial charge in [-0.3, -0.25) is 14.4 Å². The van der Waals surface area contributed by atoms with Crippen LogP contribution in [0.15, 0.2) is 114 Å². The number of thioether (sulfide) groups is 1. The van der Waals surface area contributed by atoms with Gasteiger partial charge < -0.3 is 25.4 Å². The molecular formula is C34H33N3O5S. The maximum absolute atomic E-state index is 13.4. The first-order chi connectivity index (χ1) is 20.9. The van der Waals surface area contributed by atoms with Crippen LogP contribution < -0.4 is 25.4 Å². The first kappa shape index (κ1) is 30.9. The summed E-state index contributed by atoms with van der Waals surface area (Å²) in [6.07, 6.45) is 1.59. The maximum atomic E-state index is 13.4. The van der Waals surface area contributed by atoms with Crippen molar-refractivity contribution in [2.75, 3.05) is 24.4 Å². The Kier molecular flexibility index (Phi) is 11.0. The molecule has 43 heavy (non-hydrogen) atoms. The van der Waals surface area contributed by atoms with Crippen molar-refractivity contribution in [3.05, 3.63) is 120 Å². The summed E-state index contributed by atoms with van der Waals surface area (Å²) in [5.41, 5.74) is 2.31. The number of ether oxygens (including phenoxy) is 2. The molecule has 1 atom stereocenters. The van der Waals surface area contributed by atoms with E-state index in [2.05, 4.69) is 16.0 Å². The quantitative estimate of drug-likeness (QED) is 0.126. The van der Waals surface area contributed by atoms with E-state index in [0.717, 1.165) is 4.90 Å². The number of rotatable bonds is 12. The molecule has 3 N–H and O–H groups in total. The van der Waals surface area contributed by atoms with Crippen LogP contribution in [-0.2, 0) is 9.59 Å². The number of hydrogen-bond acceptors (Lipinski definition) is 6. The number of methoxy groups -OCH3 is 1. The molecule has 0 aliphatic heterocycles. The lowest BCUT2D eigenvalue weighted by atomic mass is 10.1. The minimum atomic E-state index is -0.498. The molecule has 4 rings (SSSR count). The molecule has 8 nitrogen and oxygen atoms in total. The topological polar surface area (TPSA) is 106 Å². The van der Waals surface area contributed by atoms with Crippen LogP contribution in [-0.4, -0.2) is 36.7 Å². The summed E-state index contributed by atoms with van der Waals surface area (Å²) in [6, 6.07) is 30.3. The summed E-state index contributed by atoms with van der Waals surface area (Å²) >= 11 is 1.39. The van der Waals surface area contributed by atoms with Crippen LogP contribution in [0.1, 0.15) is 29.8 Å². The number of carbonyl (C=O) groups is 3. The first-order valence-corrected chi connectivity index (χ1v) is 14.6. The second-order valence-corrected chi connectivity index (χ2v) is 10.7. The zero-order valence-electron chi connectivity index (χ0n) is 24.1. The lowest BCUT2D eigenvalue weighted by Crippen LogP contribution is -2.30. The standard InChI is InChI=1S/C34H33N3O5S/c1-4-42-31-16-9-8-13-25(31)21-30(37-33(39)24-11-6-5-7-12-24)34(40)35-26-17-19-29(20-18-26)43-23(2)32(38)36-27-14-10-15-28(22-27)41-3/h5-23H,4H2,1-3H3,(H,35,40)(H,36,38)(H,37,39)/b30-21-. The van der Waals surface area contributed by atoms with Gasteiger partial charge in [-0.25, -0.2) is 0 Å². The third kappa shape index (κ3) is 8.98. The van der Waals surface area contributed by atoms with Gasteiger partial charge >= 0.3 is 0 Å². The van der Waals surface area contributed by atoms with E-state index in [0.29, 0.717) is 40.6 Å². The van der Waals surface area contributed by atoms with Crippen molar-refractivity contribution in [1.29, 1.82) is 0 Å². The molecule has 1 unspecified atom stereocenters. The molecule has 0 aliphatic rings. The first-order valence-electron chi connectivity index (χ1n) is 13.7. The molecule has 3 amide bonds. The van der Waals surface area contributed by atoms with Gasteiger partial charge in [-0.15, -0.1) is 11.8 Å². The van der Waals surface area contributed by atoms with Crippen molar-refractivity contribution in [1.82, 2.24) is 5.32 Å². The molecular weight excluding hydrogens is 562 g/mol.